The van der Waals surface area contributed by atoms with Gasteiger partial charge in [0.1, 0.15) is 0 Å². The highest BCUT2D eigenvalue weighted by Gasteiger charge is 2.32. The van der Waals surface area contributed by atoms with E-state index in [4.69, 9.17) is 4.52 Å². The Bertz CT molecular complexity index is 1280. The molecule has 0 atom stereocenters. The summed E-state index contributed by atoms with van der Waals surface area (Å²) in [5.41, 5.74) is 6.65. The van der Waals surface area contributed by atoms with Crippen molar-refractivity contribution in [2.24, 2.45) is 5.92 Å². The molecule has 2 N–H and O–H groups in total. The molecule has 0 saturated carbocycles. The summed E-state index contributed by atoms with van der Waals surface area (Å²) in [6, 6.07) is 17.6. The van der Waals surface area contributed by atoms with E-state index in [9.17, 15) is 18.0 Å². The van der Waals surface area contributed by atoms with Crippen LogP contribution in [0.5, 0.6) is 0 Å². The van der Waals surface area contributed by atoms with Crippen LogP contribution in [-0.4, -0.2) is 42.8 Å². The van der Waals surface area contributed by atoms with E-state index in [1.54, 1.807) is 12.1 Å². The van der Waals surface area contributed by atoms with Gasteiger partial charge in [-0.2, -0.15) is 4.31 Å². The largest absolute Gasteiger partial charge is 0.355 e. The Morgan fingerprint density at radius 2 is 1.66 bits per heavy atom. The predicted octanol–water partition coefficient (Wildman–Crippen LogP) is 3.33. The van der Waals surface area contributed by atoms with Crippen molar-refractivity contribution in [3.05, 3.63) is 71.9 Å². The van der Waals surface area contributed by atoms with E-state index in [0.29, 0.717) is 24.5 Å². The van der Waals surface area contributed by atoms with E-state index in [1.165, 1.54) is 10.4 Å². The normalized spacial score (nSPS) is 15.2. The number of aromatic nitrogens is 1. The Kier molecular flexibility index (Phi) is 7.32. The monoisotopic (exact) mass is 496 g/mol. The highest BCUT2D eigenvalue weighted by Crippen LogP contribution is 2.25. The smallest absolute Gasteiger partial charge is 0.291 e. The van der Waals surface area contributed by atoms with E-state index in [0.717, 1.165) is 11.1 Å². The van der Waals surface area contributed by atoms with Crippen LogP contribution in [0.4, 0.5) is 0 Å². The fourth-order valence-corrected chi connectivity index (χ4v) is 5.41. The minimum absolute atomic E-state index is 0.0357. The molecule has 1 fully saturated rings. The first-order valence-corrected chi connectivity index (χ1v) is 12.9. The van der Waals surface area contributed by atoms with Crippen LogP contribution in [0.1, 0.15) is 48.7 Å². The van der Waals surface area contributed by atoms with Crippen molar-refractivity contribution in [1.29, 1.82) is 0 Å². The number of benzene rings is 2. The quantitative estimate of drug-likeness (QED) is 0.505. The van der Waals surface area contributed by atoms with Gasteiger partial charge in [-0.15, -0.1) is 0 Å². The van der Waals surface area contributed by atoms with Crippen molar-refractivity contribution in [2.75, 3.05) is 13.1 Å². The van der Waals surface area contributed by atoms with Gasteiger partial charge in [0.2, 0.25) is 15.9 Å². The number of hydrogen-bond acceptors (Lipinski definition) is 6. The van der Waals surface area contributed by atoms with Gasteiger partial charge in [-0.05, 0) is 36.5 Å². The molecule has 9 nitrogen and oxygen atoms in total. The number of amides is 2. The number of hydrazine groups is 1. The minimum atomic E-state index is -3.62. The third-order valence-corrected chi connectivity index (χ3v) is 8.02. The van der Waals surface area contributed by atoms with Gasteiger partial charge < -0.3 is 4.52 Å². The molecule has 2 amide bonds. The summed E-state index contributed by atoms with van der Waals surface area (Å²) in [6.07, 6.45) is 0.709. The van der Waals surface area contributed by atoms with Gasteiger partial charge >= 0.3 is 0 Å². The molecule has 4 rings (SSSR count). The number of nitrogens with zero attached hydrogens (tertiary/aromatic N) is 2. The average Bonchev–Trinajstić information content (AvgIpc) is 3.38. The molecule has 3 aromatic rings. The van der Waals surface area contributed by atoms with Crippen molar-refractivity contribution in [2.45, 2.75) is 37.5 Å². The lowest BCUT2D eigenvalue weighted by Crippen LogP contribution is -2.48. The summed E-state index contributed by atoms with van der Waals surface area (Å²) in [7, 11) is -3.62. The maximum absolute atomic E-state index is 13.0. The number of hydrogen-bond donors (Lipinski definition) is 2. The molecular formula is C25H28N4O5S. The Morgan fingerprint density at radius 1 is 1.00 bits per heavy atom. The van der Waals surface area contributed by atoms with Crippen molar-refractivity contribution in [1.82, 2.24) is 20.3 Å². The number of sulfonamides is 1. The second-order valence-electron chi connectivity index (χ2n) is 8.79. The van der Waals surface area contributed by atoms with Crippen LogP contribution in [0.3, 0.4) is 0 Å². The lowest BCUT2D eigenvalue weighted by Gasteiger charge is -2.30. The van der Waals surface area contributed by atoms with Crippen LogP contribution in [-0.2, 0) is 14.8 Å². The molecular weight excluding hydrogens is 468 g/mol. The maximum Gasteiger partial charge on any atom is 0.291 e. The van der Waals surface area contributed by atoms with Crippen LogP contribution in [0.2, 0.25) is 0 Å². The fourth-order valence-electron chi connectivity index (χ4n) is 3.94. The molecule has 184 valence electrons. The average molecular weight is 497 g/mol. The number of nitrogens with one attached hydrogen (secondary N) is 2. The molecule has 0 unspecified atom stereocenters. The van der Waals surface area contributed by atoms with Crippen molar-refractivity contribution < 1.29 is 22.5 Å². The molecule has 0 spiro atoms. The van der Waals surface area contributed by atoms with E-state index in [-0.39, 0.29) is 29.6 Å². The van der Waals surface area contributed by atoms with E-state index in [2.05, 4.69) is 29.9 Å². The summed E-state index contributed by atoms with van der Waals surface area (Å²) in [5, 5.41) is 3.75. The molecule has 10 heteroatoms. The Hall–Kier alpha value is -3.50. The minimum Gasteiger partial charge on any atom is -0.355 e. The second-order valence-corrected chi connectivity index (χ2v) is 10.7. The summed E-state index contributed by atoms with van der Waals surface area (Å²) < 4.78 is 32.6. The maximum atomic E-state index is 13.0. The van der Waals surface area contributed by atoms with Crippen LogP contribution in [0.25, 0.3) is 11.3 Å². The van der Waals surface area contributed by atoms with Gasteiger partial charge in [0.25, 0.3) is 5.91 Å². The molecule has 0 aliphatic carbocycles. The topological polar surface area (TPSA) is 122 Å². The van der Waals surface area contributed by atoms with Gasteiger partial charge in [-0.25, -0.2) is 8.42 Å². The molecule has 0 radical (unpaired) electrons. The third kappa shape index (κ3) is 5.60. The van der Waals surface area contributed by atoms with E-state index >= 15 is 0 Å². The van der Waals surface area contributed by atoms with Gasteiger partial charge in [-0.3, -0.25) is 20.4 Å². The SMILES string of the molecule is CC(C)c1ccc(S(=O)(=O)N2CCC(C(=O)NNC(=O)c3cc(-c4ccccc4)on3)CC2)cc1. The van der Waals surface area contributed by atoms with Crippen molar-refractivity contribution >= 4 is 21.8 Å². The molecule has 1 aliphatic rings. The second kappa shape index (κ2) is 10.4. The molecule has 2 aromatic carbocycles. The van der Waals surface area contributed by atoms with E-state index in [1.807, 2.05) is 42.5 Å². The highest BCUT2D eigenvalue weighted by molar-refractivity contribution is 7.89. The van der Waals surface area contributed by atoms with Crippen molar-refractivity contribution in [3.8, 4) is 11.3 Å². The number of piperidine rings is 1. The zero-order valence-electron chi connectivity index (χ0n) is 19.6. The molecule has 1 aromatic heterocycles. The Labute approximate surface area is 204 Å². The first kappa shape index (κ1) is 24.6. The van der Waals surface area contributed by atoms with Crippen LogP contribution in [0, 0.1) is 5.92 Å². The third-order valence-electron chi connectivity index (χ3n) is 6.11. The summed E-state index contributed by atoms with van der Waals surface area (Å²) in [4.78, 5) is 25.1. The van der Waals surface area contributed by atoms with Crippen LogP contribution in [0.15, 0.2) is 70.1 Å². The lowest BCUT2D eigenvalue weighted by molar-refractivity contribution is -0.126. The first-order chi connectivity index (χ1) is 16.8. The highest BCUT2D eigenvalue weighted by atomic mass is 32.2. The molecule has 1 saturated heterocycles. The first-order valence-electron chi connectivity index (χ1n) is 11.5. The number of carbonyl (C=O) groups is 2. The Balaban J connectivity index is 1.28. The number of rotatable bonds is 6. The fraction of sp³-hybridized carbons (Fsp3) is 0.320. The molecule has 35 heavy (non-hydrogen) atoms. The van der Waals surface area contributed by atoms with Gasteiger partial charge in [0, 0.05) is 30.6 Å². The van der Waals surface area contributed by atoms with Gasteiger partial charge in [0.05, 0.1) is 4.90 Å². The van der Waals surface area contributed by atoms with Crippen LogP contribution < -0.4 is 10.9 Å². The summed E-state index contributed by atoms with van der Waals surface area (Å²) >= 11 is 0. The number of carbonyl (C=O) groups excluding carboxylic acids is 2. The standard InChI is InChI=1S/C25H28N4O5S/c1-17(2)18-8-10-21(11-9-18)35(32,33)29-14-12-20(13-15-29)24(30)26-27-25(31)22-16-23(34-28-22)19-6-4-3-5-7-19/h3-11,16-17,20H,12-15H2,1-2H3,(H,26,30)(H,27,31). The van der Waals surface area contributed by atoms with Crippen LogP contribution >= 0.6 is 0 Å². The van der Waals surface area contributed by atoms with Crippen molar-refractivity contribution in [3.63, 3.8) is 0 Å². The predicted molar refractivity (Wildman–Crippen MR) is 130 cm³/mol. The summed E-state index contributed by atoms with van der Waals surface area (Å²) in [6.45, 7) is 4.55. The van der Waals surface area contributed by atoms with E-state index < -0.39 is 21.8 Å². The zero-order chi connectivity index (χ0) is 25.0. The van der Waals surface area contributed by atoms with Gasteiger partial charge in [0.15, 0.2) is 11.5 Å². The molecule has 2 heterocycles. The zero-order valence-corrected chi connectivity index (χ0v) is 20.4. The molecule has 1 aliphatic heterocycles. The molecule has 0 bridgehead atoms. The Morgan fingerprint density at radius 3 is 2.29 bits per heavy atom. The lowest BCUT2D eigenvalue weighted by atomic mass is 9.98. The van der Waals surface area contributed by atoms with Gasteiger partial charge in [-0.1, -0.05) is 61.5 Å². The summed E-state index contributed by atoms with van der Waals surface area (Å²) in [5.74, 6) is -0.633.